The fourth-order valence-electron chi connectivity index (χ4n) is 3.44. The van der Waals surface area contributed by atoms with Crippen molar-refractivity contribution >= 4 is 21.6 Å². The number of ether oxygens (including phenoxy) is 1. The number of hydrogen-bond acceptors (Lipinski definition) is 4. The molecule has 1 N–H and O–H groups in total. The van der Waals surface area contributed by atoms with Crippen LogP contribution in [0.4, 0.5) is 5.69 Å². The van der Waals surface area contributed by atoms with Crippen LogP contribution in [-0.2, 0) is 20.6 Å². The van der Waals surface area contributed by atoms with Gasteiger partial charge in [0.25, 0.3) is 0 Å². The summed E-state index contributed by atoms with van der Waals surface area (Å²) >= 11 is 0. The van der Waals surface area contributed by atoms with E-state index in [4.69, 9.17) is 4.74 Å². The molecule has 29 heavy (non-hydrogen) atoms. The van der Waals surface area contributed by atoms with Crippen molar-refractivity contribution in [2.45, 2.75) is 38.5 Å². The first-order valence-electron chi connectivity index (χ1n) is 9.93. The Morgan fingerprint density at radius 3 is 2.45 bits per heavy atom. The van der Waals surface area contributed by atoms with Crippen molar-refractivity contribution in [1.82, 2.24) is 4.31 Å². The van der Waals surface area contributed by atoms with Gasteiger partial charge in [-0.05, 0) is 44.4 Å². The Hall–Kier alpha value is -2.38. The number of sulfonamides is 1. The molecule has 1 fully saturated rings. The van der Waals surface area contributed by atoms with Crippen molar-refractivity contribution in [2.24, 2.45) is 5.92 Å². The van der Waals surface area contributed by atoms with E-state index in [1.54, 1.807) is 6.07 Å². The quantitative estimate of drug-likeness (QED) is 0.747. The van der Waals surface area contributed by atoms with Gasteiger partial charge >= 0.3 is 0 Å². The molecule has 1 aliphatic rings. The molecule has 1 saturated heterocycles. The van der Waals surface area contributed by atoms with Crippen LogP contribution in [0.15, 0.2) is 54.6 Å². The molecule has 156 valence electrons. The zero-order valence-corrected chi connectivity index (χ0v) is 17.7. The summed E-state index contributed by atoms with van der Waals surface area (Å²) in [5.74, 6) is 0.423. The van der Waals surface area contributed by atoms with Crippen molar-refractivity contribution in [1.29, 1.82) is 0 Å². The maximum Gasteiger partial charge on any atom is 0.227 e. The first kappa shape index (κ1) is 21.3. The molecular formula is C22H28N2O4S. The largest absolute Gasteiger partial charge is 0.491 e. The lowest BCUT2D eigenvalue weighted by Crippen LogP contribution is -2.41. The highest BCUT2D eigenvalue weighted by molar-refractivity contribution is 7.88. The molecule has 0 aromatic heterocycles. The second kappa shape index (κ2) is 9.41. The van der Waals surface area contributed by atoms with E-state index in [1.807, 2.05) is 62.4 Å². The summed E-state index contributed by atoms with van der Waals surface area (Å²) < 4.78 is 32.5. The van der Waals surface area contributed by atoms with Crippen LogP contribution in [0.5, 0.6) is 5.75 Å². The van der Waals surface area contributed by atoms with E-state index in [2.05, 4.69) is 5.32 Å². The molecular weight excluding hydrogens is 388 g/mol. The predicted octanol–water partition coefficient (Wildman–Crippen LogP) is 3.65. The molecule has 0 atom stereocenters. The standard InChI is InChI=1S/C22H28N2O4S/c1-17(2)28-21-10-6-9-20(15-21)23-22(25)19-11-13-24(14-12-19)29(26,27)16-18-7-4-3-5-8-18/h3-10,15,17,19H,11-14,16H2,1-2H3,(H,23,25). The molecule has 0 aliphatic carbocycles. The number of hydrogen-bond donors (Lipinski definition) is 1. The van der Waals surface area contributed by atoms with Crippen LogP contribution in [0.2, 0.25) is 0 Å². The number of rotatable bonds is 7. The molecule has 2 aromatic rings. The third-order valence-electron chi connectivity index (χ3n) is 4.88. The molecule has 0 spiro atoms. The van der Waals surface area contributed by atoms with Crippen molar-refractivity contribution in [3.05, 3.63) is 60.2 Å². The number of piperidine rings is 1. The van der Waals surface area contributed by atoms with Gasteiger partial charge in [-0.15, -0.1) is 0 Å². The van der Waals surface area contributed by atoms with Crippen LogP contribution >= 0.6 is 0 Å². The first-order valence-corrected chi connectivity index (χ1v) is 11.5. The minimum absolute atomic E-state index is 0.00660. The number of anilines is 1. The van der Waals surface area contributed by atoms with Crippen molar-refractivity contribution in [2.75, 3.05) is 18.4 Å². The lowest BCUT2D eigenvalue weighted by atomic mass is 9.97. The molecule has 3 rings (SSSR count). The van der Waals surface area contributed by atoms with Gasteiger partial charge in [-0.3, -0.25) is 4.79 Å². The number of carbonyl (C=O) groups excluding carboxylic acids is 1. The topological polar surface area (TPSA) is 75.7 Å². The summed E-state index contributed by atoms with van der Waals surface area (Å²) in [6.07, 6.45) is 1.09. The van der Waals surface area contributed by atoms with E-state index in [9.17, 15) is 13.2 Å². The van der Waals surface area contributed by atoms with Crippen LogP contribution < -0.4 is 10.1 Å². The lowest BCUT2D eigenvalue weighted by molar-refractivity contribution is -0.120. The molecule has 2 aromatic carbocycles. The summed E-state index contributed by atoms with van der Waals surface area (Å²) in [6.45, 7) is 4.63. The third-order valence-corrected chi connectivity index (χ3v) is 6.73. The van der Waals surface area contributed by atoms with Gasteiger partial charge in [0.15, 0.2) is 0 Å². The molecule has 1 heterocycles. The fourth-order valence-corrected chi connectivity index (χ4v) is 5.00. The number of nitrogens with zero attached hydrogens (tertiary/aromatic N) is 1. The van der Waals surface area contributed by atoms with Gasteiger partial charge < -0.3 is 10.1 Å². The predicted molar refractivity (Wildman–Crippen MR) is 114 cm³/mol. The van der Waals surface area contributed by atoms with Crippen molar-refractivity contribution in [3.63, 3.8) is 0 Å². The minimum Gasteiger partial charge on any atom is -0.491 e. The fraction of sp³-hybridized carbons (Fsp3) is 0.409. The highest BCUT2D eigenvalue weighted by Crippen LogP contribution is 2.24. The average Bonchev–Trinajstić information content (AvgIpc) is 2.68. The van der Waals surface area contributed by atoms with Gasteiger partial charge in [-0.1, -0.05) is 36.4 Å². The van der Waals surface area contributed by atoms with Gasteiger partial charge in [0.1, 0.15) is 5.75 Å². The molecule has 6 nitrogen and oxygen atoms in total. The summed E-state index contributed by atoms with van der Waals surface area (Å²) in [5, 5.41) is 2.93. The van der Waals surface area contributed by atoms with Gasteiger partial charge in [-0.25, -0.2) is 12.7 Å². The Labute approximate surface area is 172 Å². The highest BCUT2D eigenvalue weighted by atomic mass is 32.2. The smallest absolute Gasteiger partial charge is 0.227 e. The number of carbonyl (C=O) groups is 1. The van der Waals surface area contributed by atoms with Gasteiger partial charge in [0, 0.05) is 30.8 Å². The van der Waals surface area contributed by atoms with E-state index < -0.39 is 10.0 Å². The minimum atomic E-state index is -3.38. The van der Waals surface area contributed by atoms with E-state index in [0.29, 0.717) is 37.4 Å². The van der Waals surface area contributed by atoms with Crippen LogP contribution in [0.3, 0.4) is 0 Å². The molecule has 7 heteroatoms. The van der Waals surface area contributed by atoms with Crippen molar-refractivity contribution in [3.8, 4) is 5.75 Å². The second-order valence-electron chi connectivity index (χ2n) is 7.60. The molecule has 0 radical (unpaired) electrons. The maximum atomic E-state index is 12.7. The molecule has 1 aliphatic heterocycles. The van der Waals surface area contributed by atoms with Crippen LogP contribution in [-0.4, -0.2) is 37.8 Å². The number of nitrogens with one attached hydrogen (secondary N) is 1. The van der Waals surface area contributed by atoms with E-state index >= 15 is 0 Å². The Morgan fingerprint density at radius 1 is 1.10 bits per heavy atom. The molecule has 0 unspecified atom stereocenters. The van der Waals surface area contributed by atoms with Crippen molar-refractivity contribution < 1.29 is 17.9 Å². The average molecular weight is 417 g/mol. The highest BCUT2D eigenvalue weighted by Gasteiger charge is 2.31. The van der Waals surface area contributed by atoms with Crippen LogP contribution in [0.1, 0.15) is 32.3 Å². The molecule has 0 saturated carbocycles. The van der Waals surface area contributed by atoms with E-state index in [1.165, 1.54) is 4.31 Å². The summed E-state index contributed by atoms with van der Waals surface area (Å²) in [7, 11) is -3.38. The molecule has 1 amide bonds. The van der Waals surface area contributed by atoms with E-state index in [0.717, 1.165) is 5.56 Å². The van der Waals surface area contributed by atoms with Crippen LogP contribution in [0.25, 0.3) is 0 Å². The zero-order chi connectivity index (χ0) is 20.9. The number of benzene rings is 2. The summed E-state index contributed by atoms with van der Waals surface area (Å²) in [6, 6.07) is 16.5. The first-order chi connectivity index (χ1) is 13.8. The van der Waals surface area contributed by atoms with Crippen LogP contribution in [0, 0.1) is 5.92 Å². The number of amides is 1. The summed E-state index contributed by atoms with van der Waals surface area (Å²) in [5.41, 5.74) is 1.46. The summed E-state index contributed by atoms with van der Waals surface area (Å²) in [4.78, 5) is 12.6. The molecule has 0 bridgehead atoms. The van der Waals surface area contributed by atoms with Gasteiger partial charge in [0.2, 0.25) is 15.9 Å². The lowest BCUT2D eigenvalue weighted by Gasteiger charge is -2.30. The maximum absolute atomic E-state index is 12.7. The normalized spacial score (nSPS) is 16.0. The third kappa shape index (κ3) is 6.05. The zero-order valence-electron chi connectivity index (χ0n) is 16.9. The van der Waals surface area contributed by atoms with Gasteiger partial charge in [0.05, 0.1) is 11.9 Å². The van der Waals surface area contributed by atoms with E-state index in [-0.39, 0.29) is 23.7 Å². The Kier molecular flexibility index (Phi) is 6.92. The van der Waals surface area contributed by atoms with Gasteiger partial charge in [-0.2, -0.15) is 0 Å². The second-order valence-corrected chi connectivity index (χ2v) is 9.57. The Bertz CT molecular complexity index is 921. The monoisotopic (exact) mass is 416 g/mol. The Morgan fingerprint density at radius 2 is 1.79 bits per heavy atom. The Balaban J connectivity index is 1.54. The SMILES string of the molecule is CC(C)Oc1cccc(NC(=O)C2CCN(S(=O)(=O)Cc3ccccc3)CC2)c1.